The lowest BCUT2D eigenvalue weighted by Gasteiger charge is -2.42. The Bertz CT molecular complexity index is 716. The van der Waals surface area contributed by atoms with Crippen molar-refractivity contribution in [1.82, 2.24) is 9.80 Å². The Kier molecular flexibility index (Phi) is 8.17. The van der Waals surface area contributed by atoms with Crippen LogP contribution < -0.4 is 4.74 Å². The highest BCUT2D eigenvalue weighted by Gasteiger charge is 2.37. The molecule has 1 aromatic rings. The van der Waals surface area contributed by atoms with Gasteiger partial charge in [0.25, 0.3) is 5.91 Å². The molecule has 1 fully saturated rings. The summed E-state index contributed by atoms with van der Waals surface area (Å²) in [5, 5.41) is 0. The fraction of sp³-hybridized carbons (Fsp3) is 0.680. The van der Waals surface area contributed by atoms with Gasteiger partial charge in [-0.25, -0.2) is 0 Å². The van der Waals surface area contributed by atoms with Crippen LogP contribution in [0.3, 0.4) is 0 Å². The number of ether oxygens (including phenoxy) is 1. The molecule has 2 atom stereocenters. The predicted octanol–water partition coefficient (Wildman–Crippen LogP) is 4.90. The molecule has 2 aliphatic rings. The number of hydrogen-bond donors (Lipinski definition) is 0. The van der Waals surface area contributed by atoms with Crippen LogP contribution in [0.1, 0.15) is 82.5 Å². The average molecular weight is 415 g/mol. The lowest BCUT2D eigenvalue weighted by Crippen LogP contribution is -2.53. The van der Waals surface area contributed by atoms with Gasteiger partial charge in [-0.1, -0.05) is 32.4 Å². The molecule has 1 heterocycles. The van der Waals surface area contributed by atoms with E-state index in [1.54, 1.807) is 0 Å². The van der Waals surface area contributed by atoms with Crippen molar-refractivity contribution in [3.05, 3.63) is 29.8 Å². The first-order chi connectivity index (χ1) is 14.6. The van der Waals surface area contributed by atoms with Crippen LogP contribution >= 0.6 is 0 Å². The third kappa shape index (κ3) is 4.98. The van der Waals surface area contributed by atoms with E-state index >= 15 is 0 Å². The molecule has 1 saturated carbocycles. The largest absolute Gasteiger partial charge is 0.487 e. The quantitative estimate of drug-likeness (QED) is 0.704. The third-order valence-electron chi connectivity index (χ3n) is 6.83. The summed E-state index contributed by atoms with van der Waals surface area (Å²) >= 11 is 0. The summed E-state index contributed by atoms with van der Waals surface area (Å²) in [4.78, 5) is 30.7. The van der Waals surface area contributed by atoms with Crippen molar-refractivity contribution in [2.24, 2.45) is 5.92 Å². The van der Waals surface area contributed by atoms with Gasteiger partial charge in [-0.15, -0.1) is 0 Å². The minimum absolute atomic E-state index is 0.0472. The van der Waals surface area contributed by atoms with Gasteiger partial charge in [-0.2, -0.15) is 0 Å². The molecule has 1 aliphatic heterocycles. The number of fused-ring (bicyclic) bond motifs is 2. The summed E-state index contributed by atoms with van der Waals surface area (Å²) in [5.74, 6) is 1.08. The highest BCUT2D eigenvalue weighted by Crippen LogP contribution is 2.31. The number of carbonyl (C=O) groups excluding carboxylic acids is 2. The second kappa shape index (κ2) is 10.8. The summed E-state index contributed by atoms with van der Waals surface area (Å²) in [6, 6.07) is 7.71. The van der Waals surface area contributed by atoms with Crippen molar-refractivity contribution < 1.29 is 14.3 Å². The van der Waals surface area contributed by atoms with Crippen LogP contribution in [-0.4, -0.2) is 53.4 Å². The summed E-state index contributed by atoms with van der Waals surface area (Å²) < 4.78 is 6.52. The van der Waals surface area contributed by atoms with Crippen LogP contribution in [0.2, 0.25) is 0 Å². The van der Waals surface area contributed by atoms with Gasteiger partial charge >= 0.3 is 0 Å². The van der Waals surface area contributed by atoms with Crippen molar-refractivity contribution in [2.45, 2.75) is 84.3 Å². The predicted molar refractivity (Wildman–Crippen MR) is 120 cm³/mol. The first-order valence-corrected chi connectivity index (χ1v) is 12.0. The molecule has 166 valence electrons. The van der Waals surface area contributed by atoms with Crippen molar-refractivity contribution in [1.29, 1.82) is 0 Å². The van der Waals surface area contributed by atoms with Crippen molar-refractivity contribution in [3.8, 4) is 5.75 Å². The maximum absolute atomic E-state index is 13.5. The van der Waals surface area contributed by atoms with E-state index in [0.717, 1.165) is 57.9 Å². The topological polar surface area (TPSA) is 49.9 Å². The molecule has 0 N–H and O–H groups in total. The number of nitrogens with zero attached hydrogens (tertiary/aromatic N) is 2. The minimum atomic E-state index is -0.0551. The number of carbonyl (C=O) groups is 2. The fourth-order valence-electron chi connectivity index (χ4n) is 4.95. The summed E-state index contributed by atoms with van der Waals surface area (Å²) in [7, 11) is 0. The van der Waals surface area contributed by atoms with Gasteiger partial charge in [0.2, 0.25) is 5.91 Å². The Morgan fingerprint density at radius 2 is 1.73 bits per heavy atom. The minimum Gasteiger partial charge on any atom is -0.487 e. The van der Waals surface area contributed by atoms with E-state index < -0.39 is 0 Å². The fourth-order valence-corrected chi connectivity index (χ4v) is 4.95. The first-order valence-electron chi connectivity index (χ1n) is 12.0. The molecular weight excluding hydrogens is 376 g/mol. The van der Waals surface area contributed by atoms with E-state index in [-0.39, 0.29) is 29.9 Å². The zero-order chi connectivity index (χ0) is 21.5. The van der Waals surface area contributed by atoms with E-state index in [2.05, 4.69) is 18.7 Å². The Labute approximate surface area is 181 Å². The summed E-state index contributed by atoms with van der Waals surface area (Å²) in [6.45, 7) is 8.39. The van der Waals surface area contributed by atoms with Crippen LogP contribution in [0.4, 0.5) is 0 Å². The van der Waals surface area contributed by atoms with Crippen LogP contribution in [0.15, 0.2) is 24.3 Å². The van der Waals surface area contributed by atoms with Gasteiger partial charge in [-0.05, 0) is 64.0 Å². The normalized spacial score (nSPS) is 23.1. The van der Waals surface area contributed by atoms with Gasteiger partial charge in [0.05, 0.1) is 11.6 Å². The Balaban J connectivity index is 1.96. The first kappa shape index (κ1) is 22.6. The molecule has 0 aromatic heterocycles. The lowest BCUT2D eigenvalue weighted by molar-refractivity contribution is -0.141. The van der Waals surface area contributed by atoms with E-state index in [0.29, 0.717) is 24.4 Å². The molecule has 5 heteroatoms. The van der Waals surface area contributed by atoms with Crippen LogP contribution in [-0.2, 0) is 4.79 Å². The smallest absolute Gasteiger partial charge is 0.257 e. The Morgan fingerprint density at radius 1 is 1.03 bits per heavy atom. The van der Waals surface area contributed by atoms with Gasteiger partial charge in [-0.3, -0.25) is 9.59 Å². The third-order valence-corrected chi connectivity index (χ3v) is 6.83. The standard InChI is InChI=1S/C25H38N2O3/c1-4-19(5-2)24(28)27-18-12-11-17-26(6-3)25(29)20-13-7-9-15-22(20)30-23-16-10-8-14-21(23)27/h7,9,13,15,19,21,23H,4-6,8,10-12,14,16-18H2,1-3H3/t21-,23+/m1/s1. The molecular formula is C25H38N2O3. The Morgan fingerprint density at radius 3 is 2.47 bits per heavy atom. The van der Waals surface area contributed by atoms with Gasteiger partial charge in [0, 0.05) is 25.6 Å². The number of benzene rings is 1. The van der Waals surface area contributed by atoms with E-state index in [4.69, 9.17) is 4.74 Å². The molecule has 5 nitrogen and oxygen atoms in total. The summed E-state index contributed by atoms with van der Waals surface area (Å²) in [6.07, 6.45) is 7.67. The summed E-state index contributed by atoms with van der Waals surface area (Å²) in [5.41, 5.74) is 0.641. The van der Waals surface area contributed by atoms with Gasteiger partial charge in [0.15, 0.2) is 0 Å². The van der Waals surface area contributed by atoms with Gasteiger partial charge < -0.3 is 14.5 Å². The van der Waals surface area contributed by atoms with Crippen molar-refractivity contribution in [3.63, 3.8) is 0 Å². The second-order valence-corrected chi connectivity index (χ2v) is 8.64. The monoisotopic (exact) mass is 414 g/mol. The van der Waals surface area contributed by atoms with Crippen molar-refractivity contribution >= 4 is 11.8 Å². The molecule has 0 spiro atoms. The zero-order valence-electron chi connectivity index (χ0n) is 18.9. The maximum atomic E-state index is 13.5. The highest BCUT2D eigenvalue weighted by atomic mass is 16.5. The van der Waals surface area contributed by atoms with Crippen molar-refractivity contribution in [2.75, 3.05) is 19.6 Å². The lowest BCUT2D eigenvalue weighted by atomic mass is 9.89. The van der Waals surface area contributed by atoms with Crippen LogP contribution in [0, 0.1) is 5.92 Å². The highest BCUT2D eigenvalue weighted by molar-refractivity contribution is 5.97. The van der Waals surface area contributed by atoms with Gasteiger partial charge in [0.1, 0.15) is 11.9 Å². The number of hydrogen-bond acceptors (Lipinski definition) is 3. The zero-order valence-corrected chi connectivity index (χ0v) is 18.9. The SMILES string of the molecule is CCC(CC)C(=O)N1CCCCN(CC)C(=O)c2ccccc2O[C@H]2CCCC[C@H]21. The average Bonchev–Trinajstić information content (AvgIpc) is 2.77. The molecule has 0 unspecified atom stereocenters. The van der Waals surface area contributed by atoms with E-state index in [1.165, 1.54) is 0 Å². The maximum Gasteiger partial charge on any atom is 0.257 e. The second-order valence-electron chi connectivity index (χ2n) is 8.64. The molecule has 30 heavy (non-hydrogen) atoms. The molecule has 2 amide bonds. The number of amides is 2. The van der Waals surface area contributed by atoms with E-state index in [9.17, 15) is 9.59 Å². The Hall–Kier alpha value is -2.04. The molecule has 3 rings (SSSR count). The van der Waals surface area contributed by atoms with E-state index in [1.807, 2.05) is 36.1 Å². The molecule has 0 radical (unpaired) electrons. The molecule has 1 aromatic carbocycles. The molecule has 1 aliphatic carbocycles. The number of rotatable bonds is 4. The number of para-hydroxylation sites is 1. The molecule has 0 bridgehead atoms. The molecule has 0 saturated heterocycles. The van der Waals surface area contributed by atoms with Crippen LogP contribution in [0.5, 0.6) is 5.75 Å². The van der Waals surface area contributed by atoms with Crippen LogP contribution in [0.25, 0.3) is 0 Å².